The second-order valence-corrected chi connectivity index (χ2v) is 10.7. The van der Waals surface area contributed by atoms with Crippen molar-refractivity contribution in [3.05, 3.63) is 58.1 Å². The van der Waals surface area contributed by atoms with Crippen LogP contribution in [0.2, 0.25) is 10.0 Å². The van der Waals surface area contributed by atoms with E-state index in [-0.39, 0.29) is 29.5 Å². The summed E-state index contributed by atoms with van der Waals surface area (Å²) in [6.07, 6.45) is -0.245. The number of hydrogen-bond acceptors (Lipinski definition) is 7. The Bertz CT molecular complexity index is 1220. The molecule has 3 N–H and O–H groups in total. The van der Waals surface area contributed by atoms with Crippen molar-refractivity contribution in [1.82, 2.24) is 15.5 Å². The Morgan fingerprint density at radius 3 is 2.29 bits per heavy atom. The highest BCUT2D eigenvalue weighted by Crippen LogP contribution is 2.27. The lowest BCUT2D eigenvalue weighted by Gasteiger charge is -2.25. The van der Waals surface area contributed by atoms with E-state index >= 15 is 0 Å². The van der Waals surface area contributed by atoms with E-state index < -0.39 is 42.6 Å². The number of carbonyl (C=O) groups is 4. The topological polar surface area (TPSA) is 143 Å². The molecule has 2 aromatic rings. The molecule has 0 radical (unpaired) electrons. The van der Waals surface area contributed by atoms with E-state index in [1.807, 2.05) is 13.8 Å². The summed E-state index contributed by atoms with van der Waals surface area (Å²) in [5.74, 6) is -1.87. The number of benzene rings is 2. The number of carbonyl (C=O) groups excluding carboxylic acids is 3. The third-order valence-corrected chi connectivity index (χ3v) is 6.59. The number of morpholine rings is 1. The predicted molar refractivity (Wildman–Crippen MR) is 151 cm³/mol. The van der Waals surface area contributed by atoms with Gasteiger partial charge < -0.3 is 34.9 Å². The van der Waals surface area contributed by atoms with Crippen molar-refractivity contribution in [2.24, 2.45) is 5.92 Å². The maximum atomic E-state index is 13.1. The van der Waals surface area contributed by atoms with Gasteiger partial charge in [-0.3, -0.25) is 9.59 Å². The van der Waals surface area contributed by atoms with Gasteiger partial charge in [0.2, 0.25) is 5.91 Å². The number of hydrogen-bond donors (Lipinski definition) is 3. The zero-order chi connectivity index (χ0) is 29.9. The van der Waals surface area contributed by atoms with Crippen molar-refractivity contribution in [3.63, 3.8) is 0 Å². The number of rotatable bonds is 12. The van der Waals surface area contributed by atoms with Gasteiger partial charge in [0.15, 0.2) is 6.61 Å². The van der Waals surface area contributed by atoms with Gasteiger partial charge in [0, 0.05) is 24.5 Å². The molecule has 0 unspecified atom stereocenters. The van der Waals surface area contributed by atoms with Crippen LogP contribution in [0.4, 0.5) is 4.79 Å². The minimum absolute atomic E-state index is 0.0219. The maximum absolute atomic E-state index is 13.1. The highest BCUT2D eigenvalue weighted by molar-refractivity contribution is 6.35. The standard InChI is InChI=1S/C28H33Cl2N3O8/c1-17(2)13-22(31-25(34)16-40-24-8-5-19(29)15-21(24)30)26(35)32-23(27(36)37)14-18-3-6-20(7-4-18)41-28(38)33-9-11-39-12-10-33/h3-8,15,17,22-23H,9-14,16H2,1-2H3,(H,31,34)(H,32,35)(H,36,37)/t22-,23-/m0/s1. The van der Waals surface area contributed by atoms with E-state index in [1.165, 1.54) is 12.1 Å². The summed E-state index contributed by atoms with van der Waals surface area (Å²) in [5, 5.41) is 15.6. The number of aliphatic carboxylic acids is 1. The van der Waals surface area contributed by atoms with E-state index in [2.05, 4.69) is 10.6 Å². The van der Waals surface area contributed by atoms with Crippen LogP contribution < -0.4 is 20.1 Å². The molecule has 41 heavy (non-hydrogen) atoms. The molecule has 0 saturated carbocycles. The van der Waals surface area contributed by atoms with Crippen LogP contribution in [0.15, 0.2) is 42.5 Å². The Morgan fingerprint density at radius 1 is 1.00 bits per heavy atom. The Balaban J connectivity index is 1.57. The second-order valence-electron chi connectivity index (χ2n) is 9.83. The largest absolute Gasteiger partial charge is 0.482 e. The molecule has 0 spiro atoms. The Kier molecular flexibility index (Phi) is 12.1. The number of ether oxygens (including phenoxy) is 3. The summed E-state index contributed by atoms with van der Waals surface area (Å²) in [5.41, 5.74) is 0.599. The van der Waals surface area contributed by atoms with E-state index in [0.717, 1.165) is 0 Å². The molecule has 1 aliphatic heterocycles. The first-order valence-electron chi connectivity index (χ1n) is 13.1. The monoisotopic (exact) mass is 609 g/mol. The fraction of sp³-hybridized carbons (Fsp3) is 0.429. The third kappa shape index (κ3) is 10.4. The number of amides is 3. The zero-order valence-corrected chi connectivity index (χ0v) is 24.2. The summed E-state index contributed by atoms with van der Waals surface area (Å²) in [6.45, 7) is 5.12. The lowest BCUT2D eigenvalue weighted by atomic mass is 10.0. The minimum atomic E-state index is -1.26. The average molecular weight is 610 g/mol. The molecule has 1 aliphatic rings. The van der Waals surface area contributed by atoms with Gasteiger partial charge in [-0.05, 0) is 48.2 Å². The molecule has 13 heteroatoms. The molecule has 0 aromatic heterocycles. The van der Waals surface area contributed by atoms with Gasteiger partial charge in [-0.15, -0.1) is 0 Å². The van der Waals surface area contributed by atoms with Crippen LogP contribution in [0, 0.1) is 5.92 Å². The Hall–Kier alpha value is -3.54. The molecule has 0 bridgehead atoms. The fourth-order valence-electron chi connectivity index (χ4n) is 3.99. The SMILES string of the molecule is CC(C)C[C@H](NC(=O)COc1ccc(Cl)cc1Cl)C(=O)N[C@@H](Cc1ccc(OC(=O)N2CCOCC2)cc1)C(=O)O. The molecule has 3 rings (SSSR count). The number of nitrogens with one attached hydrogen (secondary N) is 2. The average Bonchev–Trinajstić information content (AvgIpc) is 2.93. The van der Waals surface area contributed by atoms with Crippen LogP contribution in [-0.2, 0) is 25.5 Å². The van der Waals surface area contributed by atoms with Gasteiger partial charge in [0.25, 0.3) is 5.91 Å². The van der Waals surface area contributed by atoms with Gasteiger partial charge in [0.1, 0.15) is 23.6 Å². The van der Waals surface area contributed by atoms with Crippen molar-refractivity contribution in [3.8, 4) is 11.5 Å². The first-order chi connectivity index (χ1) is 19.5. The number of nitrogens with zero attached hydrogens (tertiary/aromatic N) is 1. The quantitative estimate of drug-likeness (QED) is 0.331. The molecular weight excluding hydrogens is 577 g/mol. The first-order valence-corrected chi connectivity index (χ1v) is 13.8. The molecule has 1 heterocycles. The Morgan fingerprint density at radius 2 is 1.68 bits per heavy atom. The lowest BCUT2D eigenvalue weighted by Crippen LogP contribution is -2.53. The predicted octanol–water partition coefficient (Wildman–Crippen LogP) is 3.55. The summed E-state index contributed by atoms with van der Waals surface area (Å²) < 4.78 is 16.0. The van der Waals surface area contributed by atoms with Crippen LogP contribution in [0.5, 0.6) is 11.5 Å². The normalized spacial score (nSPS) is 14.6. The minimum Gasteiger partial charge on any atom is -0.482 e. The van der Waals surface area contributed by atoms with Gasteiger partial charge in [-0.2, -0.15) is 0 Å². The number of halogens is 2. The molecule has 1 saturated heterocycles. The van der Waals surface area contributed by atoms with Crippen molar-refractivity contribution < 1.29 is 38.5 Å². The molecule has 0 aliphatic carbocycles. The highest BCUT2D eigenvalue weighted by atomic mass is 35.5. The first kappa shape index (κ1) is 32.0. The third-order valence-electron chi connectivity index (χ3n) is 6.06. The highest BCUT2D eigenvalue weighted by Gasteiger charge is 2.28. The van der Waals surface area contributed by atoms with Gasteiger partial charge in [0.05, 0.1) is 18.2 Å². The van der Waals surface area contributed by atoms with Crippen LogP contribution in [0.3, 0.4) is 0 Å². The van der Waals surface area contributed by atoms with Crippen molar-refractivity contribution in [2.45, 2.75) is 38.8 Å². The molecule has 2 aromatic carbocycles. The lowest BCUT2D eigenvalue weighted by molar-refractivity contribution is -0.142. The second kappa shape index (κ2) is 15.5. The van der Waals surface area contributed by atoms with Crippen LogP contribution >= 0.6 is 23.2 Å². The van der Waals surface area contributed by atoms with Crippen molar-refractivity contribution >= 4 is 47.1 Å². The molecule has 2 atom stereocenters. The molecule has 11 nitrogen and oxygen atoms in total. The zero-order valence-electron chi connectivity index (χ0n) is 22.7. The number of carboxylic acids is 1. The van der Waals surface area contributed by atoms with Crippen molar-refractivity contribution in [2.75, 3.05) is 32.9 Å². The smallest absolute Gasteiger partial charge is 0.415 e. The molecule has 3 amide bonds. The summed E-state index contributed by atoms with van der Waals surface area (Å²) in [7, 11) is 0. The maximum Gasteiger partial charge on any atom is 0.415 e. The fourth-order valence-corrected chi connectivity index (χ4v) is 4.45. The van der Waals surface area contributed by atoms with E-state index in [4.69, 9.17) is 37.4 Å². The van der Waals surface area contributed by atoms with Crippen molar-refractivity contribution in [1.29, 1.82) is 0 Å². The van der Waals surface area contributed by atoms with Gasteiger partial charge >= 0.3 is 12.1 Å². The van der Waals surface area contributed by atoms with Crippen LogP contribution in [0.1, 0.15) is 25.8 Å². The molecule has 222 valence electrons. The van der Waals surface area contributed by atoms with Crippen LogP contribution in [0.25, 0.3) is 0 Å². The van der Waals surface area contributed by atoms with Gasteiger partial charge in [-0.25, -0.2) is 9.59 Å². The van der Waals surface area contributed by atoms with Crippen LogP contribution in [-0.4, -0.2) is 78.9 Å². The number of carboxylic acid groups (broad SMARTS) is 1. The van der Waals surface area contributed by atoms with E-state index in [0.29, 0.717) is 42.6 Å². The van der Waals surface area contributed by atoms with E-state index in [1.54, 1.807) is 35.2 Å². The molecule has 1 fully saturated rings. The molecular formula is C28H33Cl2N3O8. The Labute approximate surface area is 248 Å². The summed E-state index contributed by atoms with van der Waals surface area (Å²) in [6, 6.07) is 8.67. The van der Waals surface area contributed by atoms with Gasteiger partial charge in [-0.1, -0.05) is 49.2 Å². The van der Waals surface area contributed by atoms with E-state index in [9.17, 15) is 24.3 Å². The summed E-state index contributed by atoms with van der Waals surface area (Å²) >= 11 is 11.9. The summed E-state index contributed by atoms with van der Waals surface area (Å²) in [4.78, 5) is 51.4.